The molecule has 0 saturated carbocycles. The van der Waals surface area contributed by atoms with E-state index in [1.807, 2.05) is 18.2 Å². The number of nitrogens with zero attached hydrogens (tertiary/aromatic N) is 3. The highest BCUT2D eigenvalue weighted by molar-refractivity contribution is 5.77. The summed E-state index contributed by atoms with van der Waals surface area (Å²) >= 11 is 0. The van der Waals surface area contributed by atoms with Crippen LogP contribution in [0.25, 0.3) is 0 Å². The molecule has 2 heterocycles. The predicted molar refractivity (Wildman–Crippen MR) is 99.6 cm³/mol. The molecule has 5 nitrogen and oxygen atoms in total. The zero-order valence-corrected chi connectivity index (χ0v) is 15.0. The summed E-state index contributed by atoms with van der Waals surface area (Å²) in [7, 11) is 0. The maximum atomic E-state index is 12.5. The first-order valence-electron chi connectivity index (χ1n) is 9.00. The van der Waals surface area contributed by atoms with Gasteiger partial charge in [0.2, 0.25) is 11.9 Å². The molecule has 5 heteroatoms. The summed E-state index contributed by atoms with van der Waals surface area (Å²) in [5.41, 5.74) is 2.49. The maximum absolute atomic E-state index is 12.5. The molecule has 2 aromatic rings. The van der Waals surface area contributed by atoms with E-state index in [4.69, 9.17) is 0 Å². The number of amides is 1. The van der Waals surface area contributed by atoms with Gasteiger partial charge in [-0.1, -0.05) is 31.2 Å². The molecule has 0 spiro atoms. The van der Waals surface area contributed by atoms with E-state index in [-0.39, 0.29) is 17.9 Å². The Labute approximate surface area is 149 Å². The number of anilines is 1. The normalized spacial score (nSPS) is 18.6. The van der Waals surface area contributed by atoms with Gasteiger partial charge in [0.1, 0.15) is 0 Å². The molecule has 1 N–H and O–H groups in total. The quantitative estimate of drug-likeness (QED) is 0.910. The van der Waals surface area contributed by atoms with Crippen LogP contribution in [0.2, 0.25) is 0 Å². The maximum Gasteiger partial charge on any atom is 0.225 e. The molecule has 1 aromatic heterocycles. The molecule has 132 valence electrons. The molecule has 25 heavy (non-hydrogen) atoms. The zero-order valence-electron chi connectivity index (χ0n) is 15.0. The minimum Gasteiger partial charge on any atom is -0.352 e. The number of hydrogen-bond acceptors (Lipinski definition) is 4. The van der Waals surface area contributed by atoms with Crippen molar-refractivity contribution in [1.82, 2.24) is 15.3 Å². The lowest BCUT2D eigenvalue weighted by Gasteiger charge is -2.33. The molecule has 1 aliphatic rings. The number of benzene rings is 1. The van der Waals surface area contributed by atoms with Crippen LogP contribution in [-0.4, -0.2) is 35.0 Å². The number of carbonyl (C=O) groups is 1. The highest BCUT2D eigenvalue weighted by atomic mass is 16.1. The molecule has 2 unspecified atom stereocenters. The SMILES string of the molecule is Cc1ccccc1C(C)CC(=O)NC1CCCN(c2ncccn2)C1. The van der Waals surface area contributed by atoms with E-state index < -0.39 is 0 Å². The van der Waals surface area contributed by atoms with Crippen LogP contribution in [0.1, 0.15) is 43.2 Å². The molecule has 2 atom stereocenters. The van der Waals surface area contributed by atoms with Crippen LogP contribution in [0.15, 0.2) is 42.7 Å². The molecular formula is C20H26N4O. The molecule has 0 aliphatic carbocycles. The van der Waals surface area contributed by atoms with Crippen molar-refractivity contribution < 1.29 is 4.79 Å². The summed E-state index contributed by atoms with van der Waals surface area (Å²) in [5, 5.41) is 3.20. The van der Waals surface area contributed by atoms with Crippen molar-refractivity contribution in [3.05, 3.63) is 53.9 Å². The molecular weight excluding hydrogens is 312 g/mol. The predicted octanol–water partition coefficient (Wildman–Crippen LogP) is 3.06. The number of piperidine rings is 1. The lowest BCUT2D eigenvalue weighted by atomic mass is 9.93. The molecule has 0 bridgehead atoms. The van der Waals surface area contributed by atoms with Crippen molar-refractivity contribution in [3.8, 4) is 0 Å². The molecule has 1 fully saturated rings. The Hall–Kier alpha value is -2.43. The topological polar surface area (TPSA) is 58.1 Å². The number of nitrogens with one attached hydrogen (secondary N) is 1. The summed E-state index contributed by atoms with van der Waals surface area (Å²) in [6, 6.07) is 10.3. The summed E-state index contributed by atoms with van der Waals surface area (Å²) in [6.45, 7) is 5.93. The standard InChI is InChI=1S/C20H26N4O/c1-15-7-3-4-9-18(15)16(2)13-19(25)23-17-8-5-12-24(14-17)20-21-10-6-11-22-20/h3-4,6-7,9-11,16-17H,5,8,12-14H2,1-2H3,(H,23,25). The smallest absolute Gasteiger partial charge is 0.225 e. The highest BCUT2D eigenvalue weighted by Gasteiger charge is 2.23. The molecule has 1 aliphatic heterocycles. The van der Waals surface area contributed by atoms with Gasteiger partial charge in [-0.05, 0) is 42.9 Å². The average Bonchev–Trinajstić information content (AvgIpc) is 2.63. The minimum atomic E-state index is 0.122. The van der Waals surface area contributed by atoms with Crippen LogP contribution in [0.5, 0.6) is 0 Å². The fraction of sp³-hybridized carbons (Fsp3) is 0.450. The first-order chi connectivity index (χ1) is 12.1. The number of aromatic nitrogens is 2. The number of rotatable bonds is 5. The second kappa shape index (κ2) is 8.10. The Morgan fingerprint density at radius 1 is 1.28 bits per heavy atom. The largest absolute Gasteiger partial charge is 0.352 e. The van der Waals surface area contributed by atoms with Crippen molar-refractivity contribution in [3.63, 3.8) is 0 Å². The minimum absolute atomic E-state index is 0.122. The van der Waals surface area contributed by atoms with Gasteiger partial charge in [0, 0.05) is 37.9 Å². The van der Waals surface area contributed by atoms with Crippen LogP contribution in [0, 0.1) is 6.92 Å². The van der Waals surface area contributed by atoms with E-state index in [0.29, 0.717) is 6.42 Å². The second-order valence-corrected chi connectivity index (χ2v) is 6.86. The van der Waals surface area contributed by atoms with Crippen molar-refractivity contribution in [2.45, 2.75) is 45.1 Å². The van der Waals surface area contributed by atoms with Gasteiger partial charge in [-0.3, -0.25) is 4.79 Å². The zero-order chi connectivity index (χ0) is 17.6. The van der Waals surface area contributed by atoms with Crippen molar-refractivity contribution in [1.29, 1.82) is 0 Å². The van der Waals surface area contributed by atoms with Crippen LogP contribution in [0.3, 0.4) is 0 Å². The van der Waals surface area contributed by atoms with Gasteiger partial charge in [0.05, 0.1) is 0 Å². The Balaban J connectivity index is 1.55. The Morgan fingerprint density at radius 3 is 2.80 bits per heavy atom. The Bertz CT molecular complexity index is 704. The van der Waals surface area contributed by atoms with Crippen LogP contribution < -0.4 is 10.2 Å². The fourth-order valence-electron chi connectivity index (χ4n) is 3.55. The van der Waals surface area contributed by atoms with Gasteiger partial charge < -0.3 is 10.2 Å². The summed E-state index contributed by atoms with van der Waals surface area (Å²) in [6.07, 6.45) is 6.08. The summed E-state index contributed by atoms with van der Waals surface area (Å²) in [4.78, 5) is 23.3. The van der Waals surface area contributed by atoms with Crippen molar-refractivity contribution >= 4 is 11.9 Å². The van der Waals surface area contributed by atoms with Crippen LogP contribution in [0.4, 0.5) is 5.95 Å². The van der Waals surface area contributed by atoms with Crippen molar-refractivity contribution in [2.75, 3.05) is 18.0 Å². The van der Waals surface area contributed by atoms with E-state index in [1.54, 1.807) is 12.4 Å². The van der Waals surface area contributed by atoms with Gasteiger partial charge in [-0.25, -0.2) is 9.97 Å². The van der Waals surface area contributed by atoms with Crippen molar-refractivity contribution in [2.24, 2.45) is 0 Å². The second-order valence-electron chi connectivity index (χ2n) is 6.86. The van der Waals surface area contributed by atoms with E-state index in [9.17, 15) is 4.79 Å². The van der Waals surface area contributed by atoms with Crippen LogP contribution >= 0.6 is 0 Å². The van der Waals surface area contributed by atoms with E-state index in [2.05, 4.69) is 46.2 Å². The van der Waals surface area contributed by atoms with Gasteiger partial charge in [0.15, 0.2) is 0 Å². The summed E-state index contributed by atoms with van der Waals surface area (Å²) in [5.74, 6) is 1.09. The van der Waals surface area contributed by atoms with Gasteiger partial charge in [-0.15, -0.1) is 0 Å². The Morgan fingerprint density at radius 2 is 2.04 bits per heavy atom. The lowest BCUT2D eigenvalue weighted by Crippen LogP contribution is -2.48. The van der Waals surface area contributed by atoms with Gasteiger partial charge in [-0.2, -0.15) is 0 Å². The lowest BCUT2D eigenvalue weighted by molar-refractivity contribution is -0.122. The molecule has 3 rings (SSSR count). The third kappa shape index (κ3) is 4.56. The first-order valence-corrected chi connectivity index (χ1v) is 9.00. The molecule has 0 radical (unpaired) electrons. The van der Waals surface area contributed by atoms with E-state index >= 15 is 0 Å². The third-order valence-electron chi connectivity index (χ3n) is 4.83. The van der Waals surface area contributed by atoms with Gasteiger partial charge in [0.25, 0.3) is 0 Å². The molecule has 1 saturated heterocycles. The number of carbonyl (C=O) groups excluding carboxylic acids is 1. The first kappa shape index (κ1) is 17.4. The Kier molecular flexibility index (Phi) is 5.64. The number of aryl methyl sites for hydroxylation is 1. The van der Waals surface area contributed by atoms with E-state index in [1.165, 1.54) is 11.1 Å². The highest BCUT2D eigenvalue weighted by Crippen LogP contribution is 2.22. The van der Waals surface area contributed by atoms with Crippen LogP contribution in [-0.2, 0) is 4.79 Å². The summed E-state index contributed by atoms with van der Waals surface area (Å²) < 4.78 is 0. The molecule has 1 amide bonds. The van der Waals surface area contributed by atoms with E-state index in [0.717, 1.165) is 31.9 Å². The fourth-order valence-corrected chi connectivity index (χ4v) is 3.55. The average molecular weight is 338 g/mol. The molecule has 1 aromatic carbocycles. The van der Waals surface area contributed by atoms with Gasteiger partial charge >= 0.3 is 0 Å². The third-order valence-corrected chi connectivity index (χ3v) is 4.83. The monoisotopic (exact) mass is 338 g/mol. The number of hydrogen-bond donors (Lipinski definition) is 1.